The highest BCUT2D eigenvalue weighted by molar-refractivity contribution is 7.99. The fourth-order valence-corrected chi connectivity index (χ4v) is 3.11. The Labute approximate surface area is 126 Å². The van der Waals surface area contributed by atoms with Crippen molar-refractivity contribution in [2.24, 2.45) is 5.92 Å². The van der Waals surface area contributed by atoms with E-state index < -0.39 is 0 Å². The number of halogens is 1. The van der Waals surface area contributed by atoms with Crippen LogP contribution in [0.3, 0.4) is 0 Å². The molecule has 2 nitrogen and oxygen atoms in total. The smallest absolute Gasteiger partial charge is 0.0587 e. The van der Waals surface area contributed by atoms with Crippen molar-refractivity contribution in [3.05, 3.63) is 28.8 Å². The number of hydrogen-bond donors (Lipinski definition) is 1. The molecule has 19 heavy (non-hydrogen) atoms. The van der Waals surface area contributed by atoms with E-state index in [4.69, 9.17) is 16.3 Å². The largest absolute Gasteiger partial charge is 0.383 e. The van der Waals surface area contributed by atoms with E-state index in [-0.39, 0.29) is 0 Å². The minimum Gasteiger partial charge on any atom is -0.383 e. The Balaban J connectivity index is 2.61. The molecule has 0 spiro atoms. The second-order valence-corrected chi connectivity index (χ2v) is 6.18. The first-order valence-corrected chi connectivity index (χ1v) is 8.15. The predicted molar refractivity (Wildman–Crippen MR) is 85.2 cm³/mol. The van der Waals surface area contributed by atoms with Gasteiger partial charge in [0.05, 0.1) is 6.61 Å². The molecule has 1 aromatic carbocycles. The number of nitrogens with one attached hydrogen (secondary N) is 1. The molecular formula is C15H24ClNOS. The summed E-state index contributed by atoms with van der Waals surface area (Å²) in [7, 11) is 1.71. The van der Waals surface area contributed by atoms with Gasteiger partial charge in [-0.05, 0) is 23.6 Å². The molecule has 4 heteroatoms. The monoisotopic (exact) mass is 301 g/mol. The van der Waals surface area contributed by atoms with Crippen molar-refractivity contribution in [1.29, 1.82) is 0 Å². The van der Waals surface area contributed by atoms with Gasteiger partial charge < -0.3 is 10.1 Å². The molecule has 0 heterocycles. The fraction of sp³-hybridized carbons (Fsp3) is 0.600. The molecule has 0 aromatic heterocycles. The van der Waals surface area contributed by atoms with E-state index >= 15 is 0 Å². The lowest BCUT2D eigenvalue weighted by Gasteiger charge is -2.14. The summed E-state index contributed by atoms with van der Waals surface area (Å²) in [5.74, 6) is 1.88. The molecule has 1 rings (SSSR count). The Bertz CT molecular complexity index is 373. The molecule has 0 aliphatic carbocycles. The van der Waals surface area contributed by atoms with Crippen molar-refractivity contribution in [2.45, 2.75) is 31.7 Å². The summed E-state index contributed by atoms with van der Waals surface area (Å²) >= 11 is 8.21. The third kappa shape index (κ3) is 6.17. The molecule has 0 saturated heterocycles. The van der Waals surface area contributed by atoms with Crippen LogP contribution in [0, 0.1) is 5.92 Å². The summed E-state index contributed by atoms with van der Waals surface area (Å²) < 4.78 is 5.03. The quantitative estimate of drug-likeness (QED) is 0.545. The van der Waals surface area contributed by atoms with E-state index in [1.165, 1.54) is 16.9 Å². The van der Waals surface area contributed by atoms with E-state index in [0.29, 0.717) is 0 Å². The zero-order chi connectivity index (χ0) is 14.1. The molecule has 0 amide bonds. The van der Waals surface area contributed by atoms with Gasteiger partial charge >= 0.3 is 0 Å². The zero-order valence-corrected chi connectivity index (χ0v) is 13.6. The normalized spacial score (nSPS) is 12.6. The Morgan fingerprint density at radius 2 is 2.21 bits per heavy atom. The number of methoxy groups -OCH3 is 1. The predicted octanol–water partition coefficient (Wildman–Crippen LogP) is 4.21. The molecular weight excluding hydrogens is 278 g/mol. The zero-order valence-electron chi connectivity index (χ0n) is 12.0. The average Bonchev–Trinajstić information content (AvgIpc) is 2.42. The van der Waals surface area contributed by atoms with Gasteiger partial charge in [0.25, 0.3) is 0 Å². The Morgan fingerprint density at radius 1 is 1.42 bits per heavy atom. The Kier molecular flexibility index (Phi) is 8.55. The van der Waals surface area contributed by atoms with Gasteiger partial charge in [0.2, 0.25) is 0 Å². The van der Waals surface area contributed by atoms with Gasteiger partial charge in [-0.15, -0.1) is 11.8 Å². The number of ether oxygens (including phenoxy) is 1. The summed E-state index contributed by atoms with van der Waals surface area (Å²) in [6.45, 7) is 6.88. The molecule has 0 aliphatic rings. The van der Waals surface area contributed by atoms with Crippen LogP contribution in [0.15, 0.2) is 23.1 Å². The van der Waals surface area contributed by atoms with Crippen molar-refractivity contribution in [3.8, 4) is 0 Å². The minimum atomic E-state index is 0.722. The maximum absolute atomic E-state index is 6.31. The Morgan fingerprint density at radius 3 is 2.89 bits per heavy atom. The molecule has 1 N–H and O–H groups in total. The lowest BCUT2D eigenvalue weighted by atomic mass is 10.2. The van der Waals surface area contributed by atoms with Crippen molar-refractivity contribution < 1.29 is 4.74 Å². The second kappa shape index (κ2) is 9.65. The number of rotatable bonds is 9. The topological polar surface area (TPSA) is 21.3 Å². The van der Waals surface area contributed by atoms with Crippen molar-refractivity contribution in [1.82, 2.24) is 5.32 Å². The summed E-state index contributed by atoms with van der Waals surface area (Å²) in [5.41, 5.74) is 1.20. The van der Waals surface area contributed by atoms with Crippen LogP contribution in [0.25, 0.3) is 0 Å². The molecule has 1 aromatic rings. The molecule has 0 bridgehead atoms. The first kappa shape index (κ1) is 16.8. The lowest BCUT2D eigenvalue weighted by Crippen LogP contribution is -2.19. The molecule has 108 valence electrons. The van der Waals surface area contributed by atoms with Gasteiger partial charge in [-0.2, -0.15) is 0 Å². The minimum absolute atomic E-state index is 0.722. The summed E-state index contributed by atoms with van der Waals surface area (Å²) in [4.78, 5) is 1.29. The van der Waals surface area contributed by atoms with Crippen LogP contribution in [0.4, 0.5) is 0 Å². The van der Waals surface area contributed by atoms with Crippen LogP contribution in [-0.4, -0.2) is 26.0 Å². The van der Waals surface area contributed by atoms with E-state index in [1.54, 1.807) is 7.11 Å². The van der Waals surface area contributed by atoms with Crippen LogP contribution in [0.5, 0.6) is 0 Å². The molecule has 1 unspecified atom stereocenters. The van der Waals surface area contributed by atoms with Gasteiger partial charge in [-0.1, -0.05) is 37.9 Å². The third-order valence-electron chi connectivity index (χ3n) is 3.08. The first-order chi connectivity index (χ1) is 9.19. The van der Waals surface area contributed by atoms with Crippen LogP contribution in [0.1, 0.15) is 25.8 Å². The van der Waals surface area contributed by atoms with Crippen LogP contribution >= 0.6 is 23.4 Å². The number of benzene rings is 1. The highest BCUT2D eigenvalue weighted by Crippen LogP contribution is 2.30. The Hall–Kier alpha value is -0.220. The maximum atomic E-state index is 6.31. The molecule has 0 fully saturated rings. The fourth-order valence-electron chi connectivity index (χ4n) is 1.58. The van der Waals surface area contributed by atoms with Crippen molar-refractivity contribution in [2.75, 3.05) is 26.0 Å². The molecule has 0 saturated carbocycles. The second-order valence-electron chi connectivity index (χ2n) is 4.71. The first-order valence-electron chi connectivity index (χ1n) is 6.78. The number of hydrogen-bond acceptors (Lipinski definition) is 3. The van der Waals surface area contributed by atoms with E-state index in [0.717, 1.165) is 36.4 Å². The number of thioether (sulfide) groups is 1. The van der Waals surface area contributed by atoms with Crippen molar-refractivity contribution in [3.63, 3.8) is 0 Å². The van der Waals surface area contributed by atoms with Crippen LogP contribution in [-0.2, 0) is 11.3 Å². The molecule has 1 atom stereocenters. The van der Waals surface area contributed by atoms with Crippen molar-refractivity contribution >= 4 is 23.4 Å². The van der Waals surface area contributed by atoms with E-state index in [1.807, 2.05) is 23.9 Å². The van der Waals surface area contributed by atoms with Gasteiger partial charge in [-0.25, -0.2) is 0 Å². The summed E-state index contributed by atoms with van der Waals surface area (Å²) in [6, 6.07) is 6.15. The average molecular weight is 302 g/mol. The molecule has 0 aliphatic heterocycles. The van der Waals surface area contributed by atoms with Gasteiger partial charge in [0.15, 0.2) is 0 Å². The maximum Gasteiger partial charge on any atom is 0.0587 e. The molecule has 0 radical (unpaired) electrons. The summed E-state index contributed by atoms with van der Waals surface area (Å²) in [5, 5.41) is 4.21. The SMILES string of the molecule is CCC(C)CSc1cccc(Cl)c1CNCCOC. The van der Waals surface area contributed by atoms with Gasteiger partial charge in [-0.3, -0.25) is 0 Å². The summed E-state index contributed by atoms with van der Waals surface area (Å²) in [6.07, 6.45) is 1.22. The lowest BCUT2D eigenvalue weighted by molar-refractivity contribution is 0.199. The standard InChI is InChI=1S/C15H24ClNOS/c1-4-12(2)11-19-15-7-5-6-14(16)13(15)10-17-8-9-18-3/h5-7,12,17H,4,8-11H2,1-3H3. The van der Waals surface area contributed by atoms with Gasteiger partial charge in [0, 0.05) is 35.9 Å². The van der Waals surface area contributed by atoms with E-state index in [9.17, 15) is 0 Å². The third-order valence-corrected chi connectivity index (χ3v) is 4.86. The van der Waals surface area contributed by atoms with Crippen LogP contribution in [0.2, 0.25) is 5.02 Å². The highest BCUT2D eigenvalue weighted by Gasteiger charge is 2.08. The van der Waals surface area contributed by atoms with Gasteiger partial charge in [0.1, 0.15) is 0 Å². The van der Waals surface area contributed by atoms with Crippen LogP contribution < -0.4 is 5.32 Å². The highest BCUT2D eigenvalue weighted by atomic mass is 35.5. The van der Waals surface area contributed by atoms with E-state index in [2.05, 4.69) is 25.2 Å².